The Bertz CT molecular complexity index is 339. The van der Waals surface area contributed by atoms with Crippen LogP contribution in [0.3, 0.4) is 0 Å². The first-order valence-electron chi connectivity index (χ1n) is 4.35. The number of amides is 1. The molecule has 76 valence electrons. The number of hydrogen-bond acceptors (Lipinski definition) is 2. The zero-order valence-corrected chi connectivity index (χ0v) is 9.25. The van der Waals surface area contributed by atoms with Crippen LogP contribution in [0.4, 0.5) is 0 Å². The average molecular weight is 258 g/mol. The van der Waals surface area contributed by atoms with Crippen molar-refractivity contribution >= 4 is 21.8 Å². The quantitative estimate of drug-likeness (QED) is 0.859. The molecule has 0 aliphatic carbocycles. The highest BCUT2D eigenvalue weighted by Gasteiger charge is 2.11. The number of aliphatic hydroxyl groups excluding tert-OH is 1. The third-order valence-corrected chi connectivity index (χ3v) is 2.61. The number of carbonyl (C=O) groups excluding carboxylic acids is 1. The summed E-state index contributed by atoms with van der Waals surface area (Å²) in [5, 5.41) is 8.70. The number of benzene rings is 1. The van der Waals surface area contributed by atoms with Gasteiger partial charge in [0, 0.05) is 11.1 Å². The van der Waals surface area contributed by atoms with Crippen LogP contribution in [0.1, 0.15) is 22.3 Å². The van der Waals surface area contributed by atoms with Gasteiger partial charge in [-0.05, 0) is 40.4 Å². The van der Waals surface area contributed by atoms with Crippen LogP contribution >= 0.6 is 15.9 Å². The number of nitrogens with two attached hydrogens (primary N) is 1. The van der Waals surface area contributed by atoms with Crippen LogP contribution < -0.4 is 5.73 Å². The van der Waals surface area contributed by atoms with E-state index in [9.17, 15) is 4.79 Å². The molecule has 0 fully saturated rings. The summed E-state index contributed by atoms with van der Waals surface area (Å²) in [5.74, 6) is -0.439. The fourth-order valence-electron chi connectivity index (χ4n) is 1.32. The summed E-state index contributed by atoms with van der Waals surface area (Å²) >= 11 is 3.28. The summed E-state index contributed by atoms with van der Waals surface area (Å²) in [7, 11) is 0. The zero-order valence-electron chi connectivity index (χ0n) is 7.66. The molecule has 0 saturated heterocycles. The van der Waals surface area contributed by atoms with Crippen molar-refractivity contribution in [2.45, 2.75) is 12.8 Å². The number of hydrogen-bond donors (Lipinski definition) is 2. The van der Waals surface area contributed by atoms with Crippen LogP contribution in [0.25, 0.3) is 0 Å². The second-order valence-corrected chi connectivity index (χ2v) is 3.82. The van der Waals surface area contributed by atoms with E-state index in [1.54, 1.807) is 6.07 Å². The van der Waals surface area contributed by atoms with E-state index in [0.717, 1.165) is 5.56 Å². The molecular formula is C10H12BrNO2. The number of primary amides is 1. The summed E-state index contributed by atoms with van der Waals surface area (Å²) in [6.07, 6.45) is 1.30. The maximum absolute atomic E-state index is 11.1. The minimum atomic E-state index is -0.439. The van der Waals surface area contributed by atoms with Crippen molar-refractivity contribution in [1.29, 1.82) is 0 Å². The summed E-state index contributed by atoms with van der Waals surface area (Å²) in [4.78, 5) is 11.1. The second kappa shape index (κ2) is 5.12. The molecule has 3 nitrogen and oxygen atoms in total. The van der Waals surface area contributed by atoms with Gasteiger partial charge in [0.25, 0.3) is 0 Å². The maximum Gasteiger partial charge on any atom is 0.250 e. The molecule has 0 spiro atoms. The smallest absolute Gasteiger partial charge is 0.250 e. The fraction of sp³-hybridized carbons (Fsp3) is 0.300. The van der Waals surface area contributed by atoms with Gasteiger partial charge >= 0.3 is 0 Å². The van der Waals surface area contributed by atoms with E-state index in [0.29, 0.717) is 22.9 Å². The average Bonchev–Trinajstić information content (AvgIpc) is 2.14. The Labute approximate surface area is 91.1 Å². The van der Waals surface area contributed by atoms with E-state index in [-0.39, 0.29) is 6.61 Å². The molecule has 0 atom stereocenters. The van der Waals surface area contributed by atoms with Gasteiger partial charge < -0.3 is 10.8 Å². The minimum Gasteiger partial charge on any atom is -0.396 e. The van der Waals surface area contributed by atoms with Crippen LogP contribution in [0.5, 0.6) is 0 Å². The number of aliphatic hydroxyl groups is 1. The van der Waals surface area contributed by atoms with Crippen molar-refractivity contribution in [3.05, 3.63) is 33.8 Å². The van der Waals surface area contributed by atoms with Crippen LogP contribution in [0.15, 0.2) is 22.7 Å². The van der Waals surface area contributed by atoms with Crippen LogP contribution in [-0.2, 0) is 6.42 Å². The van der Waals surface area contributed by atoms with Gasteiger partial charge in [-0.3, -0.25) is 4.79 Å². The SMILES string of the molecule is NC(=O)c1c(Br)cccc1CCCO. The molecule has 1 rings (SSSR count). The van der Waals surface area contributed by atoms with E-state index in [2.05, 4.69) is 15.9 Å². The lowest BCUT2D eigenvalue weighted by atomic mass is 10.0. The molecule has 14 heavy (non-hydrogen) atoms. The molecular weight excluding hydrogens is 246 g/mol. The Morgan fingerprint density at radius 3 is 2.79 bits per heavy atom. The van der Waals surface area contributed by atoms with Gasteiger partial charge in [-0.15, -0.1) is 0 Å². The highest BCUT2D eigenvalue weighted by Crippen LogP contribution is 2.21. The number of aryl methyl sites for hydroxylation is 1. The molecule has 0 saturated carbocycles. The first kappa shape index (κ1) is 11.2. The topological polar surface area (TPSA) is 63.3 Å². The highest BCUT2D eigenvalue weighted by molar-refractivity contribution is 9.10. The van der Waals surface area contributed by atoms with Gasteiger partial charge in [-0.1, -0.05) is 12.1 Å². The van der Waals surface area contributed by atoms with Gasteiger partial charge in [0.2, 0.25) is 5.91 Å². The molecule has 0 unspecified atom stereocenters. The standard InChI is InChI=1S/C10H12BrNO2/c11-8-5-1-3-7(4-2-6-13)9(8)10(12)14/h1,3,5,13H,2,4,6H2,(H2,12,14). The lowest BCUT2D eigenvalue weighted by molar-refractivity contribution is 0.0998. The van der Waals surface area contributed by atoms with Crippen molar-refractivity contribution in [2.24, 2.45) is 5.73 Å². The first-order chi connectivity index (χ1) is 6.66. The molecule has 1 aromatic rings. The predicted molar refractivity (Wildman–Crippen MR) is 58.1 cm³/mol. The van der Waals surface area contributed by atoms with Crippen LogP contribution in [0.2, 0.25) is 0 Å². The van der Waals surface area contributed by atoms with Crippen molar-refractivity contribution in [1.82, 2.24) is 0 Å². The van der Waals surface area contributed by atoms with E-state index in [1.165, 1.54) is 0 Å². The lowest BCUT2D eigenvalue weighted by Crippen LogP contribution is -2.14. The summed E-state index contributed by atoms with van der Waals surface area (Å²) in [5.41, 5.74) is 6.65. The third-order valence-electron chi connectivity index (χ3n) is 1.95. The van der Waals surface area contributed by atoms with E-state index >= 15 is 0 Å². The summed E-state index contributed by atoms with van der Waals surface area (Å²) in [6.45, 7) is 0.116. The molecule has 0 heterocycles. The molecule has 0 aliphatic rings. The molecule has 4 heteroatoms. The van der Waals surface area contributed by atoms with Crippen LogP contribution in [-0.4, -0.2) is 17.6 Å². The Balaban J connectivity index is 3.02. The molecule has 3 N–H and O–H groups in total. The first-order valence-corrected chi connectivity index (χ1v) is 5.14. The van der Waals surface area contributed by atoms with Gasteiger partial charge in [0.15, 0.2) is 0 Å². The van der Waals surface area contributed by atoms with Gasteiger partial charge in [-0.2, -0.15) is 0 Å². The largest absolute Gasteiger partial charge is 0.396 e. The molecule has 0 aliphatic heterocycles. The Hall–Kier alpha value is -0.870. The van der Waals surface area contributed by atoms with Crippen LogP contribution in [0, 0.1) is 0 Å². The summed E-state index contributed by atoms with van der Waals surface area (Å²) < 4.78 is 0.709. The summed E-state index contributed by atoms with van der Waals surface area (Å²) in [6, 6.07) is 5.48. The molecule has 0 aromatic heterocycles. The predicted octanol–water partition coefficient (Wildman–Crippen LogP) is 1.47. The second-order valence-electron chi connectivity index (χ2n) is 2.97. The number of carbonyl (C=O) groups is 1. The van der Waals surface area contributed by atoms with Crippen molar-refractivity contribution in [2.75, 3.05) is 6.61 Å². The van der Waals surface area contributed by atoms with E-state index < -0.39 is 5.91 Å². The van der Waals surface area contributed by atoms with Crippen molar-refractivity contribution in [3.8, 4) is 0 Å². The molecule has 1 aromatic carbocycles. The van der Waals surface area contributed by atoms with Crippen molar-refractivity contribution in [3.63, 3.8) is 0 Å². The highest BCUT2D eigenvalue weighted by atomic mass is 79.9. The van der Waals surface area contributed by atoms with Gasteiger partial charge in [0.05, 0.1) is 5.56 Å². The Morgan fingerprint density at radius 1 is 1.50 bits per heavy atom. The number of rotatable bonds is 4. The third kappa shape index (κ3) is 2.56. The molecule has 0 bridgehead atoms. The molecule has 0 radical (unpaired) electrons. The zero-order chi connectivity index (χ0) is 10.6. The Morgan fingerprint density at radius 2 is 2.21 bits per heavy atom. The van der Waals surface area contributed by atoms with Gasteiger partial charge in [0.1, 0.15) is 0 Å². The molecule has 1 amide bonds. The van der Waals surface area contributed by atoms with E-state index in [4.69, 9.17) is 10.8 Å². The lowest BCUT2D eigenvalue weighted by Gasteiger charge is -2.07. The number of halogens is 1. The van der Waals surface area contributed by atoms with Gasteiger partial charge in [-0.25, -0.2) is 0 Å². The fourth-order valence-corrected chi connectivity index (χ4v) is 1.93. The monoisotopic (exact) mass is 257 g/mol. The maximum atomic E-state index is 11.1. The van der Waals surface area contributed by atoms with Crippen molar-refractivity contribution < 1.29 is 9.90 Å². The normalized spacial score (nSPS) is 10.1. The Kier molecular flexibility index (Phi) is 4.10. The minimum absolute atomic E-state index is 0.116. The van der Waals surface area contributed by atoms with E-state index in [1.807, 2.05) is 12.1 Å².